The molecule has 0 fully saturated rings. The Hall–Kier alpha value is -3.51. The summed E-state index contributed by atoms with van der Waals surface area (Å²) in [4.78, 5) is 16.4. The summed E-state index contributed by atoms with van der Waals surface area (Å²) in [5.74, 6) is 0.441. The van der Waals surface area contributed by atoms with Crippen LogP contribution < -0.4 is 29.8 Å². The van der Waals surface area contributed by atoms with Gasteiger partial charge in [0.2, 0.25) is 12.5 Å². The van der Waals surface area contributed by atoms with Crippen LogP contribution in [0.2, 0.25) is 0 Å². The fraction of sp³-hybridized carbons (Fsp3) is 0.304. The van der Waals surface area contributed by atoms with Crippen molar-refractivity contribution in [2.24, 2.45) is 0 Å². The Balaban J connectivity index is 1.76. The molecule has 2 atom stereocenters. The number of H-pyrrole nitrogens is 1. The highest BCUT2D eigenvalue weighted by molar-refractivity contribution is 7.71. The predicted octanol–water partition coefficient (Wildman–Crippen LogP) is 1.88. The van der Waals surface area contributed by atoms with Crippen LogP contribution in [-0.2, 0) is 12.6 Å². The fourth-order valence-electron chi connectivity index (χ4n) is 4.76. The number of aromatic amines is 1. The Kier molecular flexibility index (Phi) is 5.52. The molecule has 35 heavy (non-hydrogen) atoms. The number of likely N-dealkylation sites (N-methyl/N-ethyl adjacent to an activating group) is 1. The van der Waals surface area contributed by atoms with Crippen molar-refractivity contribution in [2.75, 3.05) is 27.5 Å². The lowest BCUT2D eigenvalue weighted by atomic mass is 9.87. The van der Waals surface area contributed by atoms with Gasteiger partial charge in [-0.05, 0) is 47.9 Å². The molecule has 3 aromatic rings. The summed E-state index contributed by atoms with van der Waals surface area (Å²) < 4.78 is 57.3. The number of nitrogens with one attached hydrogen (secondary N) is 2. The summed E-state index contributed by atoms with van der Waals surface area (Å²) in [5, 5.41) is 13.7. The van der Waals surface area contributed by atoms with E-state index >= 15 is 0 Å². The van der Waals surface area contributed by atoms with Gasteiger partial charge in [0, 0.05) is 12.1 Å². The van der Waals surface area contributed by atoms with Crippen molar-refractivity contribution in [3.63, 3.8) is 0 Å². The van der Waals surface area contributed by atoms with Gasteiger partial charge >= 0.3 is 6.18 Å². The van der Waals surface area contributed by atoms with E-state index in [1.807, 2.05) is 7.05 Å². The van der Waals surface area contributed by atoms with Gasteiger partial charge in [-0.2, -0.15) is 13.2 Å². The maximum absolute atomic E-state index is 13.7. The number of benzene rings is 2. The number of hydrogen-bond acceptors (Lipinski definition) is 6. The lowest BCUT2D eigenvalue weighted by Crippen LogP contribution is -3.10. The van der Waals surface area contributed by atoms with E-state index in [0.29, 0.717) is 35.8 Å². The van der Waals surface area contributed by atoms with E-state index in [4.69, 9.17) is 26.4 Å². The highest BCUT2D eigenvalue weighted by Gasteiger charge is 2.39. The zero-order valence-corrected chi connectivity index (χ0v) is 19.4. The Bertz CT molecular complexity index is 1450. The van der Waals surface area contributed by atoms with Gasteiger partial charge in [-0.1, -0.05) is 6.07 Å². The summed E-state index contributed by atoms with van der Waals surface area (Å²) in [7, 11) is 3.28. The molecule has 5 rings (SSSR count). The maximum Gasteiger partial charge on any atom is 0.416 e. The summed E-state index contributed by atoms with van der Waals surface area (Å²) in [6, 6.07) is 5.25. The molecule has 8 nitrogen and oxygen atoms in total. The third-order valence-electron chi connectivity index (χ3n) is 6.34. The molecule has 0 aliphatic carbocycles. The van der Waals surface area contributed by atoms with E-state index < -0.39 is 29.2 Å². The van der Waals surface area contributed by atoms with E-state index in [1.54, 1.807) is 6.07 Å². The number of methoxy groups -OCH3 is 1. The molecule has 0 bridgehead atoms. The second-order valence-electron chi connectivity index (χ2n) is 8.36. The Morgan fingerprint density at radius 1 is 1.26 bits per heavy atom. The van der Waals surface area contributed by atoms with Crippen LogP contribution in [0, 0.1) is 4.77 Å². The van der Waals surface area contributed by atoms with E-state index in [9.17, 15) is 23.1 Å². The Morgan fingerprint density at radius 2 is 2.03 bits per heavy atom. The molecule has 2 N–H and O–H groups in total. The van der Waals surface area contributed by atoms with Crippen molar-refractivity contribution in [1.82, 2.24) is 9.55 Å². The minimum atomic E-state index is -4.62. The van der Waals surface area contributed by atoms with Gasteiger partial charge in [0.1, 0.15) is 6.04 Å². The lowest BCUT2D eigenvalue weighted by molar-refractivity contribution is -0.908. The SMILES string of the molecule is COc1c2c(cc3c1C(c1c([O-])n(-c4cccc(C(F)(F)F)c4)c(=S)[nH]c1=O)[NH+](C)CC3)OCO2. The minimum Gasteiger partial charge on any atom is -0.859 e. The van der Waals surface area contributed by atoms with Crippen molar-refractivity contribution in [1.29, 1.82) is 0 Å². The van der Waals surface area contributed by atoms with E-state index in [1.165, 1.54) is 19.2 Å². The zero-order chi connectivity index (χ0) is 25.1. The number of nitrogens with zero attached hydrogens (tertiary/aromatic N) is 1. The molecule has 0 amide bonds. The van der Waals surface area contributed by atoms with Crippen LogP contribution in [0.3, 0.4) is 0 Å². The molecule has 2 unspecified atom stereocenters. The van der Waals surface area contributed by atoms with Crippen LogP contribution in [-0.4, -0.2) is 37.0 Å². The van der Waals surface area contributed by atoms with Crippen LogP contribution in [0.5, 0.6) is 23.1 Å². The molecule has 1 aromatic heterocycles. The summed E-state index contributed by atoms with van der Waals surface area (Å²) >= 11 is 5.19. The molecule has 2 aromatic carbocycles. The molecular formula is C23H20F3N3O5S. The summed E-state index contributed by atoms with van der Waals surface area (Å²) in [6.45, 7) is 0.591. The summed E-state index contributed by atoms with van der Waals surface area (Å²) in [5.41, 5.74) is -0.487. The standard InChI is InChI=1S/C23H20F3N3O5S/c1-28-7-6-11-8-14-18(34-10-33-14)19(32-2)15(11)17(28)16-20(30)27-22(35)29(21(16)31)13-5-3-4-12(9-13)23(24,25)26/h3-5,8-9,17,31H,6-7,10H2,1-2H3,(H,27,30,35). The average Bonchev–Trinajstić information content (AvgIpc) is 3.26. The zero-order valence-electron chi connectivity index (χ0n) is 18.6. The first-order chi connectivity index (χ1) is 16.6. The monoisotopic (exact) mass is 507 g/mol. The van der Waals surface area contributed by atoms with Crippen molar-refractivity contribution in [2.45, 2.75) is 18.6 Å². The number of halogens is 3. The normalized spacial score (nSPS) is 18.9. The van der Waals surface area contributed by atoms with Crippen LogP contribution in [0.15, 0.2) is 35.1 Å². The molecular weight excluding hydrogens is 487 g/mol. The molecule has 0 saturated heterocycles. The molecule has 0 saturated carbocycles. The Morgan fingerprint density at radius 3 is 2.74 bits per heavy atom. The van der Waals surface area contributed by atoms with Crippen LogP contribution >= 0.6 is 12.2 Å². The molecule has 0 radical (unpaired) electrons. The van der Waals surface area contributed by atoms with E-state index in [0.717, 1.165) is 27.2 Å². The number of aromatic nitrogens is 2. The largest absolute Gasteiger partial charge is 0.859 e. The van der Waals surface area contributed by atoms with Gasteiger partial charge in [0.15, 0.2) is 16.3 Å². The van der Waals surface area contributed by atoms with Crippen molar-refractivity contribution in [3.05, 3.63) is 67.7 Å². The Labute approximate surface area is 202 Å². The predicted molar refractivity (Wildman–Crippen MR) is 118 cm³/mol. The summed E-state index contributed by atoms with van der Waals surface area (Å²) in [6.07, 6.45) is -3.99. The number of rotatable bonds is 3. The van der Waals surface area contributed by atoms with Gasteiger partial charge in [-0.15, -0.1) is 0 Å². The highest BCUT2D eigenvalue weighted by Crippen LogP contribution is 2.48. The van der Waals surface area contributed by atoms with Crippen molar-refractivity contribution >= 4 is 12.2 Å². The molecule has 2 aliphatic heterocycles. The van der Waals surface area contributed by atoms with Gasteiger partial charge in [-0.25, -0.2) is 0 Å². The maximum atomic E-state index is 13.7. The van der Waals surface area contributed by atoms with Crippen molar-refractivity contribution in [3.8, 4) is 28.8 Å². The van der Waals surface area contributed by atoms with Gasteiger partial charge in [0.05, 0.1) is 37.4 Å². The lowest BCUT2D eigenvalue weighted by Gasteiger charge is -2.35. The molecule has 0 spiro atoms. The first-order valence-electron chi connectivity index (χ1n) is 10.7. The van der Waals surface area contributed by atoms with Crippen molar-refractivity contribution < 1.29 is 37.4 Å². The number of quaternary nitrogens is 1. The third-order valence-corrected chi connectivity index (χ3v) is 6.62. The quantitative estimate of drug-likeness (QED) is 0.526. The van der Waals surface area contributed by atoms with E-state index in [2.05, 4.69) is 4.98 Å². The average molecular weight is 507 g/mol. The molecule has 3 heterocycles. The number of alkyl halides is 3. The molecule has 184 valence electrons. The first kappa shape index (κ1) is 23.2. The number of ether oxygens (including phenoxy) is 3. The third kappa shape index (κ3) is 3.73. The number of fused-ring (bicyclic) bond motifs is 2. The topological polar surface area (TPSA) is 93.0 Å². The first-order valence-corrected chi connectivity index (χ1v) is 11.1. The molecule has 12 heteroatoms. The smallest absolute Gasteiger partial charge is 0.416 e. The van der Waals surface area contributed by atoms with Crippen LogP contribution in [0.4, 0.5) is 13.2 Å². The second-order valence-corrected chi connectivity index (χ2v) is 8.74. The second kappa shape index (κ2) is 8.31. The molecule has 2 aliphatic rings. The highest BCUT2D eigenvalue weighted by atomic mass is 32.1. The van der Waals surface area contributed by atoms with Gasteiger partial charge in [0.25, 0.3) is 5.56 Å². The minimum absolute atomic E-state index is 0.00946. The van der Waals surface area contributed by atoms with Crippen LogP contribution in [0.25, 0.3) is 5.69 Å². The van der Waals surface area contributed by atoms with E-state index in [-0.39, 0.29) is 22.8 Å². The van der Waals surface area contributed by atoms with Crippen LogP contribution in [0.1, 0.15) is 28.3 Å². The fourth-order valence-corrected chi connectivity index (χ4v) is 5.04. The van der Waals surface area contributed by atoms with Gasteiger partial charge < -0.3 is 28.8 Å². The van der Waals surface area contributed by atoms with Gasteiger partial charge in [-0.3, -0.25) is 9.78 Å². The number of hydrogen-bond donors (Lipinski definition) is 2.